The summed E-state index contributed by atoms with van der Waals surface area (Å²) in [6.07, 6.45) is 0. The third-order valence-electron chi connectivity index (χ3n) is 1.97. The van der Waals surface area contributed by atoms with Crippen LogP contribution < -0.4 is 4.74 Å². The van der Waals surface area contributed by atoms with Crippen LogP contribution in [0, 0.1) is 0 Å². The second kappa shape index (κ2) is 2.92. The molecule has 2 aromatic rings. The van der Waals surface area contributed by atoms with Gasteiger partial charge in [0.15, 0.2) is 0 Å². The van der Waals surface area contributed by atoms with Gasteiger partial charge in [-0.15, -0.1) is 0 Å². The number of nitrogens with zero attached hydrogens (tertiary/aromatic N) is 2. The molecule has 0 amide bonds. The summed E-state index contributed by atoms with van der Waals surface area (Å²) in [6.45, 7) is 0. The molecule has 68 valence electrons. The van der Waals surface area contributed by atoms with E-state index in [1.165, 1.54) is 0 Å². The molecule has 1 heterocycles. The molecule has 0 aliphatic carbocycles. The van der Waals surface area contributed by atoms with Crippen LogP contribution in [0.3, 0.4) is 0 Å². The van der Waals surface area contributed by atoms with E-state index in [9.17, 15) is 0 Å². The highest BCUT2D eigenvalue weighted by Crippen LogP contribution is 2.26. The molecule has 0 aliphatic rings. The van der Waals surface area contributed by atoms with E-state index >= 15 is 0 Å². The van der Waals surface area contributed by atoms with Crippen LogP contribution in [0.25, 0.3) is 10.9 Å². The number of aryl methyl sites for hydroxylation is 1. The zero-order valence-electron chi connectivity index (χ0n) is 7.41. The van der Waals surface area contributed by atoms with Crippen molar-refractivity contribution in [3.05, 3.63) is 23.4 Å². The number of methoxy groups -OCH3 is 1. The molecule has 0 spiro atoms. The van der Waals surface area contributed by atoms with Crippen LogP contribution >= 0.6 is 11.6 Å². The van der Waals surface area contributed by atoms with Gasteiger partial charge < -0.3 is 4.74 Å². The van der Waals surface area contributed by atoms with Crippen LogP contribution in [0.2, 0.25) is 5.15 Å². The fourth-order valence-corrected chi connectivity index (χ4v) is 1.46. The largest absolute Gasteiger partial charge is 0.497 e. The molecule has 0 N–H and O–H groups in total. The van der Waals surface area contributed by atoms with E-state index in [2.05, 4.69) is 5.10 Å². The van der Waals surface area contributed by atoms with Crippen molar-refractivity contribution in [2.24, 2.45) is 7.05 Å². The van der Waals surface area contributed by atoms with E-state index in [0.29, 0.717) is 5.15 Å². The van der Waals surface area contributed by atoms with Crippen molar-refractivity contribution >= 4 is 22.5 Å². The molecule has 4 heteroatoms. The predicted molar refractivity (Wildman–Crippen MR) is 52.3 cm³/mol. The van der Waals surface area contributed by atoms with E-state index in [-0.39, 0.29) is 0 Å². The summed E-state index contributed by atoms with van der Waals surface area (Å²) in [7, 11) is 3.44. The molecule has 13 heavy (non-hydrogen) atoms. The second-order valence-electron chi connectivity index (χ2n) is 2.80. The van der Waals surface area contributed by atoms with Gasteiger partial charge in [0.2, 0.25) is 0 Å². The van der Waals surface area contributed by atoms with Crippen LogP contribution in [0.1, 0.15) is 0 Å². The lowest BCUT2D eigenvalue weighted by Gasteiger charge is -1.97. The Morgan fingerprint density at radius 3 is 2.92 bits per heavy atom. The van der Waals surface area contributed by atoms with Gasteiger partial charge in [0.1, 0.15) is 10.9 Å². The van der Waals surface area contributed by atoms with E-state index in [0.717, 1.165) is 16.7 Å². The first-order chi connectivity index (χ1) is 6.22. The van der Waals surface area contributed by atoms with E-state index in [1.54, 1.807) is 11.8 Å². The Kier molecular flexibility index (Phi) is 1.88. The molecule has 0 fully saturated rings. The monoisotopic (exact) mass is 196 g/mol. The van der Waals surface area contributed by atoms with Crippen molar-refractivity contribution in [3.8, 4) is 5.75 Å². The minimum Gasteiger partial charge on any atom is -0.497 e. The maximum Gasteiger partial charge on any atom is 0.134 e. The Labute approximate surface area is 80.9 Å². The van der Waals surface area contributed by atoms with E-state index in [1.807, 2.05) is 25.2 Å². The molecule has 3 nitrogen and oxygen atoms in total. The van der Waals surface area contributed by atoms with Gasteiger partial charge >= 0.3 is 0 Å². The molecular weight excluding hydrogens is 188 g/mol. The highest BCUT2D eigenvalue weighted by molar-refractivity contribution is 6.34. The molecule has 0 saturated carbocycles. The molecule has 0 radical (unpaired) electrons. The summed E-state index contributed by atoms with van der Waals surface area (Å²) >= 11 is 6.02. The normalized spacial score (nSPS) is 10.7. The smallest absolute Gasteiger partial charge is 0.134 e. The minimum atomic E-state index is 0.633. The van der Waals surface area contributed by atoms with Gasteiger partial charge in [-0.3, -0.25) is 4.68 Å². The number of ether oxygens (including phenoxy) is 1. The maximum atomic E-state index is 6.02. The highest BCUT2D eigenvalue weighted by Gasteiger charge is 2.06. The molecule has 0 aliphatic heterocycles. The standard InChI is InChI=1S/C9H9ClN2O/c1-12-9(10)7-5-6(13-2)3-4-8(7)11-12/h3-5H,1-2H3. The molecular formula is C9H9ClN2O. The molecule has 1 aromatic carbocycles. The SMILES string of the molecule is COc1ccc2nn(C)c(Cl)c2c1. The summed E-state index contributed by atoms with van der Waals surface area (Å²) in [6, 6.07) is 5.64. The number of rotatable bonds is 1. The first-order valence-corrected chi connectivity index (χ1v) is 4.26. The number of halogens is 1. The summed E-state index contributed by atoms with van der Waals surface area (Å²) in [5.41, 5.74) is 0.883. The fraction of sp³-hybridized carbons (Fsp3) is 0.222. The first-order valence-electron chi connectivity index (χ1n) is 3.88. The van der Waals surface area contributed by atoms with E-state index < -0.39 is 0 Å². The van der Waals surface area contributed by atoms with Crippen molar-refractivity contribution in [2.75, 3.05) is 7.11 Å². The Bertz CT molecular complexity index is 450. The van der Waals surface area contributed by atoms with E-state index in [4.69, 9.17) is 16.3 Å². The zero-order valence-corrected chi connectivity index (χ0v) is 8.17. The van der Waals surface area contributed by atoms with Crippen molar-refractivity contribution in [1.82, 2.24) is 9.78 Å². The lowest BCUT2D eigenvalue weighted by atomic mass is 10.2. The van der Waals surface area contributed by atoms with Gasteiger partial charge in [-0.2, -0.15) is 5.10 Å². The second-order valence-corrected chi connectivity index (χ2v) is 3.16. The molecule has 1 aromatic heterocycles. The van der Waals surface area contributed by atoms with Crippen molar-refractivity contribution in [2.45, 2.75) is 0 Å². The van der Waals surface area contributed by atoms with Crippen LogP contribution in [0.5, 0.6) is 5.75 Å². The van der Waals surface area contributed by atoms with Crippen LogP contribution in [0.4, 0.5) is 0 Å². The Balaban J connectivity index is 2.75. The summed E-state index contributed by atoms with van der Waals surface area (Å²) in [5, 5.41) is 5.77. The molecule has 2 rings (SSSR count). The van der Waals surface area contributed by atoms with Crippen LogP contribution in [-0.4, -0.2) is 16.9 Å². The summed E-state index contributed by atoms with van der Waals surface area (Å²) < 4.78 is 6.74. The number of fused-ring (bicyclic) bond motifs is 1. The van der Waals surface area contributed by atoms with Gasteiger partial charge in [0, 0.05) is 12.4 Å². The Morgan fingerprint density at radius 2 is 2.23 bits per heavy atom. The van der Waals surface area contributed by atoms with Crippen LogP contribution in [-0.2, 0) is 7.05 Å². The summed E-state index contributed by atoms with van der Waals surface area (Å²) in [4.78, 5) is 0. The minimum absolute atomic E-state index is 0.633. The van der Waals surface area contributed by atoms with Crippen molar-refractivity contribution < 1.29 is 4.74 Å². The number of hydrogen-bond donors (Lipinski definition) is 0. The maximum absolute atomic E-state index is 6.02. The average Bonchev–Trinajstić information content (AvgIpc) is 2.43. The van der Waals surface area contributed by atoms with Gasteiger partial charge in [-0.25, -0.2) is 0 Å². The van der Waals surface area contributed by atoms with Crippen LogP contribution in [0.15, 0.2) is 18.2 Å². The number of aromatic nitrogens is 2. The Hall–Kier alpha value is -1.22. The Morgan fingerprint density at radius 1 is 1.46 bits per heavy atom. The van der Waals surface area contributed by atoms with Gasteiger partial charge in [-0.1, -0.05) is 11.6 Å². The quantitative estimate of drug-likeness (QED) is 0.700. The zero-order chi connectivity index (χ0) is 9.42. The summed E-state index contributed by atoms with van der Waals surface area (Å²) in [5.74, 6) is 0.794. The molecule has 0 unspecified atom stereocenters. The number of hydrogen-bond acceptors (Lipinski definition) is 2. The molecule has 0 bridgehead atoms. The third kappa shape index (κ3) is 1.25. The van der Waals surface area contributed by atoms with Gasteiger partial charge in [-0.05, 0) is 18.2 Å². The van der Waals surface area contributed by atoms with Gasteiger partial charge in [0.05, 0.1) is 12.6 Å². The predicted octanol–water partition coefficient (Wildman–Crippen LogP) is 2.24. The van der Waals surface area contributed by atoms with Gasteiger partial charge in [0.25, 0.3) is 0 Å². The fourth-order valence-electron chi connectivity index (χ4n) is 1.27. The lowest BCUT2D eigenvalue weighted by molar-refractivity contribution is 0.415. The molecule has 0 saturated heterocycles. The first kappa shape index (κ1) is 8.38. The highest BCUT2D eigenvalue weighted by atomic mass is 35.5. The number of benzene rings is 1. The average molecular weight is 197 g/mol. The third-order valence-corrected chi connectivity index (χ3v) is 2.42. The molecule has 0 atom stereocenters. The lowest BCUT2D eigenvalue weighted by Crippen LogP contribution is -1.87. The van der Waals surface area contributed by atoms with Crippen molar-refractivity contribution in [3.63, 3.8) is 0 Å². The van der Waals surface area contributed by atoms with Crippen molar-refractivity contribution in [1.29, 1.82) is 0 Å². The topological polar surface area (TPSA) is 27.1 Å².